The number of fused-ring (bicyclic) bond motifs is 1. The van der Waals surface area contributed by atoms with Crippen molar-refractivity contribution >= 4 is 5.69 Å². The fourth-order valence-corrected chi connectivity index (χ4v) is 2.50. The Hall–Kier alpha value is -1.02. The number of nitrogens with one attached hydrogen (secondary N) is 2. The van der Waals surface area contributed by atoms with Gasteiger partial charge in [0.05, 0.1) is 0 Å². The fourth-order valence-electron chi connectivity index (χ4n) is 2.50. The van der Waals surface area contributed by atoms with Gasteiger partial charge in [-0.15, -0.1) is 0 Å². The molecule has 2 aliphatic rings. The first-order valence-electron chi connectivity index (χ1n) is 6.24. The molecule has 1 atom stereocenters. The van der Waals surface area contributed by atoms with E-state index in [1.165, 1.54) is 29.7 Å². The Morgan fingerprint density at radius 1 is 1.44 bits per heavy atom. The van der Waals surface area contributed by atoms with E-state index < -0.39 is 0 Å². The second-order valence-electron chi connectivity index (χ2n) is 5.79. The smallest absolute Gasteiger partial charge is 0.0376 e. The van der Waals surface area contributed by atoms with E-state index >= 15 is 0 Å². The fraction of sp³-hybridized carbons (Fsp3) is 0.571. The molecule has 2 nitrogen and oxygen atoms in total. The topological polar surface area (TPSA) is 24.1 Å². The van der Waals surface area contributed by atoms with Crippen LogP contribution in [0.2, 0.25) is 0 Å². The van der Waals surface area contributed by atoms with E-state index in [0.29, 0.717) is 11.5 Å². The van der Waals surface area contributed by atoms with Crippen molar-refractivity contribution in [1.29, 1.82) is 0 Å². The summed E-state index contributed by atoms with van der Waals surface area (Å²) in [6.45, 7) is 6.76. The van der Waals surface area contributed by atoms with Gasteiger partial charge in [0.1, 0.15) is 0 Å². The highest BCUT2D eigenvalue weighted by atomic mass is 15.0. The maximum atomic E-state index is 3.63. The van der Waals surface area contributed by atoms with Gasteiger partial charge in [-0.3, -0.25) is 0 Å². The van der Waals surface area contributed by atoms with Crippen LogP contribution in [0.1, 0.15) is 31.4 Å². The van der Waals surface area contributed by atoms with Crippen LogP contribution in [0.4, 0.5) is 5.69 Å². The molecule has 0 radical (unpaired) electrons. The van der Waals surface area contributed by atoms with Crippen LogP contribution < -0.4 is 10.6 Å². The van der Waals surface area contributed by atoms with Crippen molar-refractivity contribution in [3.63, 3.8) is 0 Å². The van der Waals surface area contributed by atoms with Crippen molar-refractivity contribution in [2.24, 2.45) is 5.41 Å². The molecule has 1 aromatic carbocycles. The zero-order valence-corrected chi connectivity index (χ0v) is 10.1. The van der Waals surface area contributed by atoms with Gasteiger partial charge in [0.15, 0.2) is 0 Å². The molecule has 0 spiro atoms. The van der Waals surface area contributed by atoms with Crippen LogP contribution in [0.25, 0.3) is 0 Å². The normalized spacial score (nSPS) is 25.0. The predicted molar refractivity (Wildman–Crippen MR) is 67.7 cm³/mol. The Morgan fingerprint density at radius 2 is 2.25 bits per heavy atom. The summed E-state index contributed by atoms with van der Waals surface area (Å²) >= 11 is 0. The summed E-state index contributed by atoms with van der Waals surface area (Å²) < 4.78 is 0. The number of rotatable bonds is 3. The third-order valence-corrected chi connectivity index (χ3v) is 3.95. The number of hydrogen-bond acceptors (Lipinski definition) is 2. The minimum Gasteiger partial charge on any atom is -0.384 e. The monoisotopic (exact) mass is 216 g/mol. The SMILES string of the molecule is CC1(C)CC1NCc1ccc2c(c1)NCC2. The van der Waals surface area contributed by atoms with E-state index in [2.05, 4.69) is 42.7 Å². The first-order valence-corrected chi connectivity index (χ1v) is 6.24. The summed E-state index contributed by atoms with van der Waals surface area (Å²) in [6.07, 6.45) is 2.49. The lowest BCUT2D eigenvalue weighted by atomic mass is 10.1. The maximum absolute atomic E-state index is 3.63. The predicted octanol–water partition coefficient (Wildman–Crippen LogP) is 2.54. The largest absolute Gasteiger partial charge is 0.384 e. The number of hydrogen-bond donors (Lipinski definition) is 2. The van der Waals surface area contributed by atoms with E-state index in [1.54, 1.807) is 0 Å². The zero-order chi connectivity index (χ0) is 11.2. The van der Waals surface area contributed by atoms with Crippen molar-refractivity contribution in [2.45, 2.75) is 39.3 Å². The number of anilines is 1. The van der Waals surface area contributed by atoms with Gasteiger partial charge in [-0.2, -0.15) is 0 Å². The molecule has 1 aliphatic carbocycles. The molecule has 2 N–H and O–H groups in total. The highest BCUT2D eigenvalue weighted by Gasteiger charge is 2.44. The molecule has 0 amide bonds. The van der Waals surface area contributed by atoms with Crippen LogP contribution in [0.5, 0.6) is 0 Å². The Balaban J connectivity index is 1.63. The van der Waals surface area contributed by atoms with Crippen LogP contribution in [-0.2, 0) is 13.0 Å². The molecule has 1 aliphatic heterocycles. The molecular weight excluding hydrogens is 196 g/mol. The molecule has 1 unspecified atom stereocenters. The van der Waals surface area contributed by atoms with Crippen LogP contribution in [0.3, 0.4) is 0 Å². The van der Waals surface area contributed by atoms with Crippen molar-refractivity contribution in [1.82, 2.24) is 5.32 Å². The van der Waals surface area contributed by atoms with Gasteiger partial charge in [-0.1, -0.05) is 26.0 Å². The summed E-state index contributed by atoms with van der Waals surface area (Å²) in [5.74, 6) is 0. The average Bonchev–Trinajstić information content (AvgIpc) is 2.69. The highest BCUT2D eigenvalue weighted by molar-refractivity contribution is 5.57. The number of benzene rings is 1. The van der Waals surface area contributed by atoms with Crippen LogP contribution >= 0.6 is 0 Å². The van der Waals surface area contributed by atoms with Crippen LogP contribution in [-0.4, -0.2) is 12.6 Å². The molecule has 0 bridgehead atoms. The highest BCUT2D eigenvalue weighted by Crippen LogP contribution is 2.44. The van der Waals surface area contributed by atoms with Gasteiger partial charge < -0.3 is 10.6 Å². The minimum atomic E-state index is 0.523. The summed E-state index contributed by atoms with van der Waals surface area (Å²) in [7, 11) is 0. The summed E-state index contributed by atoms with van der Waals surface area (Å²) in [4.78, 5) is 0. The van der Waals surface area contributed by atoms with Gasteiger partial charge in [0, 0.05) is 24.8 Å². The average molecular weight is 216 g/mol. The second-order valence-corrected chi connectivity index (χ2v) is 5.79. The lowest BCUT2D eigenvalue weighted by Crippen LogP contribution is -2.19. The van der Waals surface area contributed by atoms with Gasteiger partial charge in [-0.05, 0) is 35.4 Å². The Bertz CT molecular complexity index is 409. The molecule has 1 aromatic rings. The Labute approximate surface area is 97.4 Å². The Kier molecular flexibility index (Phi) is 2.21. The molecule has 1 heterocycles. The van der Waals surface area contributed by atoms with Crippen molar-refractivity contribution < 1.29 is 0 Å². The molecular formula is C14H20N2. The van der Waals surface area contributed by atoms with E-state index in [4.69, 9.17) is 0 Å². The summed E-state index contributed by atoms with van der Waals surface area (Å²) in [5, 5.41) is 7.06. The van der Waals surface area contributed by atoms with Crippen molar-refractivity contribution in [3.8, 4) is 0 Å². The van der Waals surface area contributed by atoms with Crippen LogP contribution in [0, 0.1) is 5.41 Å². The van der Waals surface area contributed by atoms with E-state index in [-0.39, 0.29) is 0 Å². The minimum absolute atomic E-state index is 0.523. The quantitative estimate of drug-likeness (QED) is 0.811. The first kappa shape index (κ1) is 10.2. The van der Waals surface area contributed by atoms with E-state index in [9.17, 15) is 0 Å². The molecule has 0 aromatic heterocycles. The first-order chi connectivity index (χ1) is 7.65. The van der Waals surface area contributed by atoms with E-state index in [0.717, 1.165) is 13.1 Å². The Morgan fingerprint density at radius 3 is 3.00 bits per heavy atom. The lowest BCUT2D eigenvalue weighted by Gasteiger charge is -2.08. The summed E-state index contributed by atoms with van der Waals surface area (Å²) in [6, 6.07) is 7.54. The molecule has 1 fully saturated rings. The molecule has 1 saturated carbocycles. The standard InChI is InChI=1S/C14H20N2/c1-14(2)8-13(14)16-9-10-3-4-11-5-6-15-12(11)7-10/h3-4,7,13,15-16H,5-6,8-9H2,1-2H3. The van der Waals surface area contributed by atoms with Crippen molar-refractivity contribution in [2.75, 3.05) is 11.9 Å². The van der Waals surface area contributed by atoms with Gasteiger partial charge in [0.25, 0.3) is 0 Å². The third-order valence-electron chi connectivity index (χ3n) is 3.95. The molecule has 16 heavy (non-hydrogen) atoms. The summed E-state index contributed by atoms with van der Waals surface area (Å²) in [5.41, 5.74) is 4.73. The lowest BCUT2D eigenvalue weighted by molar-refractivity contribution is 0.542. The van der Waals surface area contributed by atoms with Crippen molar-refractivity contribution in [3.05, 3.63) is 29.3 Å². The maximum Gasteiger partial charge on any atom is 0.0376 e. The van der Waals surface area contributed by atoms with Gasteiger partial charge in [0.2, 0.25) is 0 Å². The molecule has 3 rings (SSSR count). The van der Waals surface area contributed by atoms with Gasteiger partial charge >= 0.3 is 0 Å². The van der Waals surface area contributed by atoms with E-state index in [1.807, 2.05) is 0 Å². The second kappa shape index (κ2) is 3.49. The molecule has 86 valence electrons. The zero-order valence-electron chi connectivity index (χ0n) is 10.1. The van der Waals surface area contributed by atoms with Crippen LogP contribution in [0.15, 0.2) is 18.2 Å². The third kappa shape index (κ3) is 1.82. The molecule has 0 saturated heterocycles. The molecule has 2 heteroatoms. The van der Waals surface area contributed by atoms with Gasteiger partial charge in [-0.25, -0.2) is 0 Å².